The van der Waals surface area contributed by atoms with Crippen LogP contribution in [0.15, 0.2) is 0 Å². The lowest BCUT2D eigenvalue weighted by atomic mass is 9.96. The highest BCUT2D eigenvalue weighted by atomic mass is 35.5. The Balaban J connectivity index is 2.35. The lowest BCUT2D eigenvalue weighted by molar-refractivity contribution is -0.144. The molecule has 0 spiro atoms. The van der Waals surface area contributed by atoms with Gasteiger partial charge in [-0.25, -0.2) is 0 Å². The molecule has 0 aromatic heterocycles. The summed E-state index contributed by atoms with van der Waals surface area (Å²) in [5, 5.41) is -0.496. The minimum atomic E-state index is -0.496. The number of alkyl halides is 1. The average molecular weight is 207 g/mol. The molecule has 1 atom stereocenters. The van der Waals surface area contributed by atoms with Crippen LogP contribution in [0.4, 0.5) is 0 Å². The minimum absolute atomic E-state index is 0.217. The van der Waals surface area contributed by atoms with E-state index in [1.165, 1.54) is 0 Å². The van der Waals surface area contributed by atoms with E-state index in [0.29, 0.717) is 19.8 Å². The van der Waals surface area contributed by atoms with Crippen LogP contribution in [0.25, 0.3) is 0 Å². The second kappa shape index (κ2) is 5.45. The third kappa shape index (κ3) is 3.16. The van der Waals surface area contributed by atoms with Gasteiger partial charge in [-0.3, -0.25) is 4.79 Å². The summed E-state index contributed by atoms with van der Waals surface area (Å²) in [4.78, 5) is 11.2. The molecule has 0 aliphatic carbocycles. The number of rotatable bonds is 3. The molecule has 76 valence electrons. The van der Waals surface area contributed by atoms with Gasteiger partial charge in [0.2, 0.25) is 0 Å². The van der Waals surface area contributed by atoms with E-state index in [1.54, 1.807) is 6.92 Å². The van der Waals surface area contributed by atoms with Gasteiger partial charge in [0.05, 0.1) is 6.61 Å². The first kappa shape index (κ1) is 10.8. The van der Waals surface area contributed by atoms with E-state index in [4.69, 9.17) is 21.1 Å². The second-order valence-corrected chi connectivity index (χ2v) is 3.57. The highest BCUT2D eigenvalue weighted by Gasteiger charge is 2.28. The standard InChI is InChI=1S/C9H15ClO3/c1-2-13-9(11)8(10)7-3-5-12-6-4-7/h7-8H,2-6H2,1H3. The zero-order chi connectivity index (χ0) is 9.68. The molecule has 4 heteroatoms. The second-order valence-electron chi connectivity index (χ2n) is 3.10. The van der Waals surface area contributed by atoms with Gasteiger partial charge in [-0.05, 0) is 25.7 Å². The zero-order valence-electron chi connectivity index (χ0n) is 7.79. The molecule has 0 radical (unpaired) electrons. The summed E-state index contributed by atoms with van der Waals surface area (Å²) in [6, 6.07) is 0. The summed E-state index contributed by atoms with van der Waals surface area (Å²) in [5.41, 5.74) is 0. The fraction of sp³-hybridized carbons (Fsp3) is 0.889. The minimum Gasteiger partial charge on any atom is -0.465 e. The summed E-state index contributed by atoms with van der Waals surface area (Å²) in [6.45, 7) is 3.58. The van der Waals surface area contributed by atoms with E-state index < -0.39 is 5.38 Å². The highest BCUT2D eigenvalue weighted by Crippen LogP contribution is 2.23. The molecular weight excluding hydrogens is 192 g/mol. The van der Waals surface area contributed by atoms with Crippen molar-refractivity contribution in [3.05, 3.63) is 0 Å². The molecule has 1 fully saturated rings. The van der Waals surface area contributed by atoms with Crippen molar-refractivity contribution in [3.8, 4) is 0 Å². The number of carbonyl (C=O) groups excluding carboxylic acids is 1. The van der Waals surface area contributed by atoms with E-state index in [9.17, 15) is 4.79 Å². The number of halogens is 1. The molecule has 1 saturated heterocycles. The Morgan fingerprint density at radius 2 is 2.23 bits per heavy atom. The Hall–Kier alpha value is -0.280. The van der Waals surface area contributed by atoms with Crippen molar-refractivity contribution < 1.29 is 14.3 Å². The summed E-state index contributed by atoms with van der Waals surface area (Å²) in [7, 11) is 0. The number of hydrogen-bond acceptors (Lipinski definition) is 3. The normalized spacial score (nSPS) is 21.1. The molecule has 1 aliphatic rings. The molecule has 0 bridgehead atoms. The van der Waals surface area contributed by atoms with Crippen LogP contribution in [0.2, 0.25) is 0 Å². The van der Waals surface area contributed by atoms with Gasteiger partial charge in [0, 0.05) is 13.2 Å². The summed E-state index contributed by atoms with van der Waals surface area (Å²) in [5.74, 6) is -0.0782. The molecular formula is C9H15ClO3. The fourth-order valence-corrected chi connectivity index (χ4v) is 1.74. The molecule has 1 unspecified atom stereocenters. The van der Waals surface area contributed by atoms with Crippen molar-refractivity contribution in [1.29, 1.82) is 0 Å². The van der Waals surface area contributed by atoms with Crippen molar-refractivity contribution in [2.75, 3.05) is 19.8 Å². The predicted molar refractivity (Wildman–Crippen MR) is 49.8 cm³/mol. The summed E-state index contributed by atoms with van der Waals surface area (Å²) in [6.07, 6.45) is 1.71. The monoisotopic (exact) mass is 206 g/mol. The zero-order valence-corrected chi connectivity index (χ0v) is 8.55. The van der Waals surface area contributed by atoms with Crippen molar-refractivity contribution in [2.24, 2.45) is 5.92 Å². The maximum atomic E-state index is 11.2. The average Bonchev–Trinajstić information content (AvgIpc) is 2.18. The molecule has 0 saturated carbocycles. The molecule has 3 nitrogen and oxygen atoms in total. The molecule has 1 rings (SSSR count). The Bertz CT molecular complexity index is 166. The smallest absolute Gasteiger partial charge is 0.324 e. The Morgan fingerprint density at radius 3 is 2.77 bits per heavy atom. The molecule has 0 aromatic carbocycles. The summed E-state index contributed by atoms with van der Waals surface area (Å²) < 4.78 is 10.0. The van der Waals surface area contributed by atoms with Crippen molar-refractivity contribution in [2.45, 2.75) is 25.1 Å². The first-order chi connectivity index (χ1) is 6.25. The quantitative estimate of drug-likeness (QED) is 0.520. The molecule has 0 aromatic rings. The van der Waals surface area contributed by atoms with Crippen molar-refractivity contribution in [1.82, 2.24) is 0 Å². The third-order valence-electron chi connectivity index (χ3n) is 2.19. The van der Waals surface area contributed by atoms with Crippen LogP contribution in [0.1, 0.15) is 19.8 Å². The van der Waals surface area contributed by atoms with Crippen LogP contribution in [0, 0.1) is 5.92 Å². The first-order valence-corrected chi connectivity index (χ1v) is 5.07. The SMILES string of the molecule is CCOC(=O)C(Cl)C1CCOCC1. The topological polar surface area (TPSA) is 35.5 Å². The van der Waals surface area contributed by atoms with Gasteiger partial charge in [-0.15, -0.1) is 11.6 Å². The Morgan fingerprint density at radius 1 is 1.62 bits per heavy atom. The van der Waals surface area contributed by atoms with Crippen LogP contribution in [0.5, 0.6) is 0 Å². The Labute approximate surface area is 83.3 Å². The Kier molecular flexibility index (Phi) is 4.53. The fourth-order valence-electron chi connectivity index (χ4n) is 1.42. The van der Waals surface area contributed by atoms with E-state index in [2.05, 4.69) is 0 Å². The van der Waals surface area contributed by atoms with Gasteiger partial charge in [0.15, 0.2) is 0 Å². The van der Waals surface area contributed by atoms with Gasteiger partial charge in [-0.1, -0.05) is 0 Å². The number of carbonyl (C=O) groups is 1. The van der Waals surface area contributed by atoms with Crippen LogP contribution in [0.3, 0.4) is 0 Å². The highest BCUT2D eigenvalue weighted by molar-refractivity contribution is 6.30. The van der Waals surface area contributed by atoms with Gasteiger partial charge < -0.3 is 9.47 Å². The van der Waals surface area contributed by atoms with Crippen molar-refractivity contribution in [3.63, 3.8) is 0 Å². The molecule has 13 heavy (non-hydrogen) atoms. The molecule has 1 aliphatic heterocycles. The largest absolute Gasteiger partial charge is 0.465 e. The van der Waals surface area contributed by atoms with Crippen LogP contribution < -0.4 is 0 Å². The van der Waals surface area contributed by atoms with Gasteiger partial charge in [0.25, 0.3) is 0 Å². The van der Waals surface area contributed by atoms with E-state index in [-0.39, 0.29) is 11.9 Å². The third-order valence-corrected chi connectivity index (χ3v) is 2.73. The lowest BCUT2D eigenvalue weighted by Gasteiger charge is -2.24. The number of esters is 1. The van der Waals surface area contributed by atoms with Crippen LogP contribution >= 0.6 is 11.6 Å². The molecule has 0 amide bonds. The lowest BCUT2D eigenvalue weighted by Crippen LogP contribution is -2.31. The van der Waals surface area contributed by atoms with Gasteiger partial charge >= 0.3 is 5.97 Å². The van der Waals surface area contributed by atoms with Crippen LogP contribution in [-0.4, -0.2) is 31.2 Å². The van der Waals surface area contributed by atoms with E-state index in [1.807, 2.05) is 0 Å². The van der Waals surface area contributed by atoms with Crippen molar-refractivity contribution >= 4 is 17.6 Å². The summed E-state index contributed by atoms with van der Waals surface area (Å²) >= 11 is 5.96. The van der Waals surface area contributed by atoms with E-state index >= 15 is 0 Å². The first-order valence-electron chi connectivity index (χ1n) is 4.64. The maximum Gasteiger partial charge on any atom is 0.324 e. The number of hydrogen-bond donors (Lipinski definition) is 0. The van der Waals surface area contributed by atoms with Crippen LogP contribution in [-0.2, 0) is 14.3 Å². The molecule has 1 heterocycles. The van der Waals surface area contributed by atoms with Gasteiger partial charge in [0.1, 0.15) is 5.38 Å². The number of ether oxygens (including phenoxy) is 2. The van der Waals surface area contributed by atoms with Gasteiger partial charge in [-0.2, -0.15) is 0 Å². The molecule has 0 N–H and O–H groups in total. The predicted octanol–water partition coefficient (Wildman–Crippen LogP) is 1.58. The maximum absolute atomic E-state index is 11.2. The van der Waals surface area contributed by atoms with E-state index in [0.717, 1.165) is 12.8 Å².